The molecule has 0 unspecified atom stereocenters. The molecule has 0 bridgehead atoms. The van der Waals surface area contributed by atoms with E-state index in [2.05, 4.69) is 0 Å². The predicted octanol–water partition coefficient (Wildman–Crippen LogP) is -0.196. The van der Waals surface area contributed by atoms with Crippen LogP contribution in [0.25, 0.3) is 0 Å². The van der Waals surface area contributed by atoms with Gasteiger partial charge < -0.3 is 11.5 Å². The lowest BCUT2D eigenvalue weighted by molar-refractivity contribution is -0.118. The Balaban J connectivity index is 2.63. The van der Waals surface area contributed by atoms with Crippen molar-refractivity contribution in [3.63, 3.8) is 0 Å². The molecule has 1 aromatic rings. The highest BCUT2D eigenvalue weighted by Gasteiger charge is 2.04. The van der Waals surface area contributed by atoms with E-state index in [0.29, 0.717) is 0 Å². The van der Waals surface area contributed by atoms with Gasteiger partial charge in [0.25, 0.3) is 0 Å². The topological polar surface area (TPSA) is 86.2 Å². The van der Waals surface area contributed by atoms with Crippen molar-refractivity contribution in [2.24, 2.45) is 11.5 Å². The second-order valence-electron chi connectivity index (χ2n) is 2.65. The molecule has 4 nitrogen and oxygen atoms in total. The van der Waals surface area contributed by atoms with E-state index in [0.717, 1.165) is 9.75 Å². The van der Waals surface area contributed by atoms with Crippen LogP contribution in [0.3, 0.4) is 0 Å². The number of amides is 2. The Hall–Kier alpha value is -1.36. The summed E-state index contributed by atoms with van der Waals surface area (Å²) in [6.07, 6.45) is 0.451. The van der Waals surface area contributed by atoms with Crippen LogP contribution in [0.15, 0.2) is 12.1 Å². The van der Waals surface area contributed by atoms with Crippen LogP contribution in [0, 0.1) is 0 Å². The number of rotatable bonds is 4. The molecule has 0 radical (unpaired) electrons. The Kier molecular flexibility index (Phi) is 3.02. The Morgan fingerprint density at radius 1 is 1.08 bits per heavy atom. The monoisotopic (exact) mass is 198 g/mol. The van der Waals surface area contributed by atoms with Crippen molar-refractivity contribution < 1.29 is 9.59 Å². The summed E-state index contributed by atoms with van der Waals surface area (Å²) in [5.41, 5.74) is 10.0. The molecule has 5 heteroatoms. The van der Waals surface area contributed by atoms with Gasteiger partial charge in [0.15, 0.2) is 0 Å². The van der Waals surface area contributed by atoms with Gasteiger partial charge >= 0.3 is 0 Å². The number of nitrogens with two attached hydrogens (primary N) is 2. The van der Waals surface area contributed by atoms with Crippen LogP contribution in [-0.4, -0.2) is 11.8 Å². The van der Waals surface area contributed by atoms with Crippen molar-refractivity contribution in [1.82, 2.24) is 0 Å². The molecule has 70 valence electrons. The van der Waals surface area contributed by atoms with E-state index in [1.54, 1.807) is 12.1 Å². The zero-order valence-electron chi connectivity index (χ0n) is 6.95. The molecule has 0 aliphatic heterocycles. The largest absolute Gasteiger partial charge is 0.369 e. The first-order chi connectivity index (χ1) is 6.08. The Morgan fingerprint density at radius 3 is 1.77 bits per heavy atom. The summed E-state index contributed by atoms with van der Waals surface area (Å²) in [4.78, 5) is 22.8. The van der Waals surface area contributed by atoms with Crippen LogP contribution in [0.4, 0.5) is 0 Å². The minimum Gasteiger partial charge on any atom is -0.369 e. The first kappa shape index (κ1) is 9.73. The van der Waals surface area contributed by atoms with Crippen LogP contribution in [0.2, 0.25) is 0 Å². The number of primary amides is 2. The molecular weight excluding hydrogens is 188 g/mol. The summed E-state index contributed by atoms with van der Waals surface area (Å²) < 4.78 is 0. The van der Waals surface area contributed by atoms with Gasteiger partial charge in [-0.1, -0.05) is 0 Å². The Morgan fingerprint density at radius 2 is 1.46 bits per heavy atom. The molecule has 0 aliphatic carbocycles. The average molecular weight is 198 g/mol. The molecule has 13 heavy (non-hydrogen) atoms. The normalized spacial score (nSPS) is 9.85. The molecule has 4 N–H and O–H groups in total. The van der Waals surface area contributed by atoms with Crippen molar-refractivity contribution >= 4 is 23.2 Å². The zero-order chi connectivity index (χ0) is 9.84. The van der Waals surface area contributed by atoms with Gasteiger partial charge in [-0.05, 0) is 12.1 Å². The van der Waals surface area contributed by atoms with Crippen molar-refractivity contribution in [1.29, 1.82) is 0 Å². The molecule has 0 saturated heterocycles. The molecule has 0 aliphatic rings. The maximum absolute atomic E-state index is 10.5. The fourth-order valence-corrected chi connectivity index (χ4v) is 1.99. The molecule has 2 amide bonds. The molecule has 0 aromatic carbocycles. The van der Waals surface area contributed by atoms with E-state index in [-0.39, 0.29) is 24.7 Å². The second-order valence-corrected chi connectivity index (χ2v) is 3.91. The van der Waals surface area contributed by atoms with Crippen molar-refractivity contribution in [2.45, 2.75) is 12.8 Å². The molecule has 1 aromatic heterocycles. The van der Waals surface area contributed by atoms with Gasteiger partial charge in [0, 0.05) is 9.75 Å². The molecule has 0 atom stereocenters. The van der Waals surface area contributed by atoms with Crippen LogP contribution in [-0.2, 0) is 22.4 Å². The first-order valence-corrected chi connectivity index (χ1v) is 4.54. The Labute approximate surface area is 79.5 Å². The van der Waals surface area contributed by atoms with Gasteiger partial charge in [-0.2, -0.15) is 0 Å². The molecule has 1 heterocycles. The van der Waals surface area contributed by atoms with Crippen LogP contribution in [0.1, 0.15) is 9.75 Å². The number of carbonyl (C=O) groups excluding carboxylic acids is 2. The van der Waals surface area contributed by atoms with E-state index in [1.165, 1.54) is 11.3 Å². The quantitative estimate of drug-likeness (QED) is 0.702. The van der Waals surface area contributed by atoms with Crippen molar-refractivity contribution in [3.8, 4) is 0 Å². The number of carbonyl (C=O) groups is 2. The average Bonchev–Trinajstić information content (AvgIpc) is 2.33. The first-order valence-electron chi connectivity index (χ1n) is 3.72. The van der Waals surface area contributed by atoms with E-state index < -0.39 is 0 Å². The van der Waals surface area contributed by atoms with E-state index >= 15 is 0 Å². The maximum atomic E-state index is 10.5. The lowest BCUT2D eigenvalue weighted by Gasteiger charge is -1.90. The van der Waals surface area contributed by atoms with Gasteiger partial charge in [0.2, 0.25) is 11.8 Å². The number of hydrogen-bond donors (Lipinski definition) is 2. The summed E-state index contributed by atoms with van der Waals surface area (Å²) in [5.74, 6) is -0.736. The highest BCUT2D eigenvalue weighted by molar-refractivity contribution is 7.12. The zero-order valence-corrected chi connectivity index (χ0v) is 7.76. The van der Waals surface area contributed by atoms with Gasteiger partial charge in [-0.15, -0.1) is 11.3 Å². The van der Waals surface area contributed by atoms with Gasteiger partial charge in [0.1, 0.15) is 0 Å². The minimum atomic E-state index is -0.368. The van der Waals surface area contributed by atoms with Crippen LogP contribution >= 0.6 is 11.3 Å². The fourth-order valence-electron chi connectivity index (χ4n) is 0.956. The summed E-state index contributed by atoms with van der Waals surface area (Å²) in [6, 6.07) is 3.57. The highest BCUT2D eigenvalue weighted by atomic mass is 32.1. The third kappa shape index (κ3) is 3.25. The minimum absolute atomic E-state index is 0.226. The highest BCUT2D eigenvalue weighted by Crippen LogP contribution is 2.17. The van der Waals surface area contributed by atoms with E-state index in [1.807, 2.05) is 0 Å². The summed E-state index contributed by atoms with van der Waals surface area (Å²) in [5, 5.41) is 0. The molecule has 1 rings (SSSR count). The molecule has 0 saturated carbocycles. The van der Waals surface area contributed by atoms with Gasteiger partial charge in [-0.25, -0.2) is 0 Å². The summed E-state index contributed by atoms with van der Waals surface area (Å²) in [7, 11) is 0. The standard InChI is InChI=1S/C8H10N2O2S/c9-7(11)3-5-1-2-6(13-5)4-8(10)12/h1-2H,3-4H2,(H2,9,11)(H2,10,12). The maximum Gasteiger partial charge on any atom is 0.222 e. The Bertz CT molecular complexity index is 302. The SMILES string of the molecule is NC(=O)Cc1ccc(CC(N)=O)s1. The third-order valence-electron chi connectivity index (χ3n) is 1.41. The molecular formula is C8H10N2O2S. The van der Waals surface area contributed by atoms with Crippen molar-refractivity contribution in [3.05, 3.63) is 21.9 Å². The van der Waals surface area contributed by atoms with Gasteiger partial charge in [0.05, 0.1) is 12.8 Å². The second kappa shape index (κ2) is 4.04. The molecule has 0 fully saturated rings. The third-order valence-corrected chi connectivity index (χ3v) is 2.50. The molecule has 0 spiro atoms. The summed E-state index contributed by atoms with van der Waals surface area (Å²) >= 11 is 1.39. The number of hydrogen-bond acceptors (Lipinski definition) is 3. The van der Waals surface area contributed by atoms with Crippen LogP contribution < -0.4 is 11.5 Å². The van der Waals surface area contributed by atoms with E-state index in [4.69, 9.17) is 11.5 Å². The lowest BCUT2D eigenvalue weighted by Crippen LogP contribution is -2.13. The predicted molar refractivity (Wildman–Crippen MR) is 50.1 cm³/mol. The van der Waals surface area contributed by atoms with Crippen molar-refractivity contribution in [2.75, 3.05) is 0 Å². The fraction of sp³-hybridized carbons (Fsp3) is 0.250. The smallest absolute Gasteiger partial charge is 0.222 e. The summed E-state index contributed by atoms with van der Waals surface area (Å²) in [6.45, 7) is 0. The van der Waals surface area contributed by atoms with Gasteiger partial charge in [-0.3, -0.25) is 9.59 Å². The number of thiophene rings is 1. The van der Waals surface area contributed by atoms with E-state index in [9.17, 15) is 9.59 Å². The van der Waals surface area contributed by atoms with Crippen LogP contribution in [0.5, 0.6) is 0 Å². The lowest BCUT2D eigenvalue weighted by atomic mass is 10.3.